The molecular weight excluding hydrogens is 1380 g/mol. The van der Waals surface area contributed by atoms with E-state index in [0.29, 0.717) is 119 Å². The van der Waals surface area contributed by atoms with Crippen molar-refractivity contribution in [3.63, 3.8) is 0 Å². The molecule has 4 heterocycles. The average Bonchev–Trinajstić information content (AvgIpc) is 1.63. The van der Waals surface area contributed by atoms with Crippen molar-refractivity contribution >= 4 is 73.0 Å². The van der Waals surface area contributed by atoms with Crippen molar-refractivity contribution in [1.82, 2.24) is 35.5 Å². The number of methoxy groups -OCH3 is 2. The van der Waals surface area contributed by atoms with Gasteiger partial charge in [-0.2, -0.15) is 8.42 Å². The van der Waals surface area contributed by atoms with Gasteiger partial charge >= 0.3 is 18.1 Å². The fraction of sp³-hybridized carbons (Fsp3) is 0.263. The number of rotatable bonds is 28. The SMILES string of the molecule is COC(=O)[C@@H](Cc1ccccc1OCc1ccnc(-c2ccccc2OC)n1)Oc1ncnc2sc(-c3ccc(F)cc3)c(-c3ccc(OCCN4CC[N+](C)(Cc5ccc(NC(=O)[C@H](CCCNC(N)=O)NC(=O)OCC6c7ccccc7-c7ccccc76)cc5S(=O)(=O)O)CC4)c(Cl)c3C)c12. The van der Waals surface area contributed by atoms with Crippen molar-refractivity contribution in [3.05, 3.63) is 215 Å². The van der Waals surface area contributed by atoms with Crippen LogP contribution in [0.1, 0.15) is 52.3 Å². The summed E-state index contributed by atoms with van der Waals surface area (Å²) >= 11 is 8.61. The molecule has 10 aromatic rings. The predicted molar refractivity (Wildman–Crippen MR) is 388 cm³/mol. The van der Waals surface area contributed by atoms with E-state index in [-0.39, 0.29) is 74.6 Å². The first kappa shape index (κ1) is 72.2. The van der Waals surface area contributed by atoms with Gasteiger partial charge in [-0.15, -0.1) is 11.3 Å². The van der Waals surface area contributed by atoms with Crippen LogP contribution in [0.15, 0.2) is 175 Å². The van der Waals surface area contributed by atoms with Crippen LogP contribution >= 0.6 is 22.9 Å². The predicted octanol–water partition coefficient (Wildman–Crippen LogP) is 12.2. The van der Waals surface area contributed by atoms with Gasteiger partial charge in [0, 0.05) is 66.4 Å². The lowest BCUT2D eigenvalue weighted by molar-refractivity contribution is -0.926. The molecular formula is C76H75ClFN10O13S2+. The Hall–Kier alpha value is -10.6. The van der Waals surface area contributed by atoms with Crippen molar-refractivity contribution in [2.24, 2.45) is 5.73 Å². The molecule has 3 aromatic heterocycles. The summed E-state index contributed by atoms with van der Waals surface area (Å²) in [6.07, 6.45) is 1.22. The number of urea groups is 1. The second kappa shape index (κ2) is 32.2. The highest BCUT2D eigenvalue weighted by Crippen LogP contribution is 2.50. The number of hydrogen-bond donors (Lipinski definition) is 5. The number of nitrogens with zero attached hydrogens (tertiary/aromatic N) is 6. The topological polar surface area (TPSA) is 295 Å². The van der Waals surface area contributed by atoms with E-state index < -0.39 is 52.1 Å². The van der Waals surface area contributed by atoms with E-state index in [9.17, 15) is 36.5 Å². The highest BCUT2D eigenvalue weighted by atomic mass is 35.5. The summed E-state index contributed by atoms with van der Waals surface area (Å²) in [5, 5.41) is 8.65. The Labute approximate surface area is 603 Å². The van der Waals surface area contributed by atoms with E-state index in [0.717, 1.165) is 27.8 Å². The summed E-state index contributed by atoms with van der Waals surface area (Å²) in [4.78, 5) is 74.3. The van der Waals surface area contributed by atoms with Crippen LogP contribution in [0.25, 0.3) is 54.3 Å². The summed E-state index contributed by atoms with van der Waals surface area (Å²) in [7, 11) is 0.0565. The van der Waals surface area contributed by atoms with E-state index in [1.54, 1.807) is 55.8 Å². The molecule has 12 rings (SSSR count). The molecule has 1 saturated heterocycles. The number of amides is 4. The summed E-state index contributed by atoms with van der Waals surface area (Å²) < 4.78 is 87.9. The van der Waals surface area contributed by atoms with Gasteiger partial charge in [0.1, 0.15) is 71.5 Å². The second-order valence-electron chi connectivity index (χ2n) is 25.2. The molecule has 0 bridgehead atoms. The average molecular weight is 1460 g/mol. The number of para-hydroxylation sites is 2. The molecule has 0 radical (unpaired) electrons. The normalized spacial score (nSPS) is 14.0. The third-order valence-electron chi connectivity index (χ3n) is 18.4. The van der Waals surface area contributed by atoms with E-state index in [1.807, 2.05) is 111 Å². The lowest BCUT2D eigenvalue weighted by atomic mass is 9.96. The Morgan fingerprint density at radius 2 is 1.50 bits per heavy atom. The van der Waals surface area contributed by atoms with Crippen molar-refractivity contribution in [1.29, 1.82) is 0 Å². The quantitative estimate of drug-likeness (QED) is 0.0132. The molecule has 6 N–H and O–H groups in total. The summed E-state index contributed by atoms with van der Waals surface area (Å²) in [6, 6.07) is 44.4. The third kappa shape index (κ3) is 17.0. The number of likely N-dealkylation sites (N-methyl/N-ethyl adjacent to an activating group) is 1. The van der Waals surface area contributed by atoms with Crippen LogP contribution in [-0.2, 0) is 48.8 Å². The van der Waals surface area contributed by atoms with Crippen LogP contribution in [0.4, 0.5) is 19.7 Å². The molecule has 0 spiro atoms. The minimum absolute atomic E-state index is 0.00711. The van der Waals surface area contributed by atoms with Gasteiger partial charge in [-0.3, -0.25) is 14.2 Å². The summed E-state index contributed by atoms with van der Waals surface area (Å²) in [5.74, 6) is 0.0790. The van der Waals surface area contributed by atoms with Crippen molar-refractivity contribution in [2.75, 3.05) is 79.1 Å². The van der Waals surface area contributed by atoms with Gasteiger partial charge in [-0.1, -0.05) is 109 Å². The molecule has 532 valence electrons. The van der Waals surface area contributed by atoms with Gasteiger partial charge in [0.15, 0.2) is 5.82 Å². The lowest BCUT2D eigenvalue weighted by Gasteiger charge is -2.42. The van der Waals surface area contributed by atoms with Crippen LogP contribution in [0.3, 0.4) is 0 Å². The van der Waals surface area contributed by atoms with E-state index in [1.165, 1.54) is 43.0 Å². The van der Waals surface area contributed by atoms with Crippen molar-refractivity contribution in [3.8, 4) is 67.2 Å². The molecule has 2 atom stereocenters. The zero-order chi connectivity index (χ0) is 72.4. The van der Waals surface area contributed by atoms with Crippen LogP contribution in [-0.4, -0.2) is 152 Å². The highest BCUT2D eigenvalue weighted by Gasteiger charge is 2.35. The fourth-order valence-electron chi connectivity index (χ4n) is 13.0. The van der Waals surface area contributed by atoms with Gasteiger partial charge in [0.25, 0.3) is 10.1 Å². The lowest BCUT2D eigenvalue weighted by Crippen LogP contribution is -2.57. The minimum atomic E-state index is -4.81. The Bertz CT molecular complexity index is 4860. The van der Waals surface area contributed by atoms with Crippen molar-refractivity contribution in [2.45, 2.75) is 62.3 Å². The number of benzene rings is 7. The van der Waals surface area contributed by atoms with Crippen LogP contribution in [0.5, 0.6) is 23.1 Å². The maximum absolute atomic E-state index is 14.6. The Morgan fingerprint density at radius 1 is 0.806 bits per heavy atom. The molecule has 1 aliphatic carbocycles. The number of anilines is 1. The van der Waals surface area contributed by atoms with E-state index in [4.69, 9.17) is 50.7 Å². The number of carbonyl (C=O) groups excluding carboxylic acids is 4. The number of esters is 1. The molecule has 23 nitrogen and oxygen atoms in total. The van der Waals surface area contributed by atoms with Gasteiger partial charge in [-0.25, -0.2) is 38.7 Å². The number of nitrogens with two attached hydrogens (primary N) is 1. The Balaban J connectivity index is 0.696. The molecule has 0 unspecified atom stereocenters. The van der Waals surface area contributed by atoms with Gasteiger partial charge in [0.2, 0.25) is 17.9 Å². The molecule has 0 saturated carbocycles. The van der Waals surface area contributed by atoms with Crippen LogP contribution in [0.2, 0.25) is 5.02 Å². The number of alkyl carbamates (subject to hydrolysis) is 1. The monoisotopic (exact) mass is 1450 g/mol. The zero-order valence-electron chi connectivity index (χ0n) is 56.8. The molecule has 4 amide bonds. The first-order valence-corrected chi connectivity index (χ1v) is 35.9. The number of ether oxygens (including phenoxy) is 6. The summed E-state index contributed by atoms with van der Waals surface area (Å²) in [6.45, 7) is 5.50. The summed E-state index contributed by atoms with van der Waals surface area (Å²) in [5.41, 5.74) is 14.4. The van der Waals surface area contributed by atoms with E-state index >= 15 is 0 Å². The van der Waals surface area contributed by atoms with E-state index in [2.05, 4.69) is 35.8 Å². The molecule has 7 aromatic carbocycles. The number of aromatic nitrogens is 4. The number of piperazine rings is 1. The number of quaternary nitrogens is 1. The molecule has 2 aliphatic rings. The highest BCUT2D eigenvalue weighted by molar-refractivity contribution is 7.85. The van der Waals surface area contributed by atoms with Crippen LogP contribution < -0.4 is 40.6 Å². The number of halogens is 2. The van der Waals surface area contributed by atoms with Gasteiger partial charge < -0.3 is 54.6 Å². The fourth-order valence-corrected chi connectivity index (χ4v) is 15.1. The second-order valence-corrected chi connectivity index (χ2v) is 27.9. The number of hydrogen-bond acceptors (Lipinski definition) is 18. The first-order valence-electron chi connectivity index (χ1n) is 33.2. The third-order valence-corrected chi connectivity index (χ3v) is 20.9. The largest absolute Gasteiger partial charge is 0.496 e. The maximum Gasteiger partial charge on any atom is 0.407 e. The first-order chi connectivity index (χ1) is 49.7. The Kier molecular flexibility index (Phi) is 22.5. The van der Waals surface area contributed by atoms with Gasteiger partial charge in [0.05, 0.1) is 56.0 Å². The van der Waals surface area contributed by atoms with Gasteiger partial charge in [-0.05, 0) is 125 Å². The minimum Gasteiger partial charge on any atom is -0.496 e. The zero-order valence-corrected chi connectivity index (χ0v) is 59.2. The Morgan fingerprint density at radius 3 is 2.21 bits per heavy atom. The number of thiophene rings is 1. The molecule has 1 aliphatic heterocycles. The number of primary amides is 1. The standard InChI is InChI=1S/C76H74ClFN10O13S2/c1-46-53(66-67-72(82-45-83-73(67)102-69(66)47-23-26-50(78)27-24-47)101-64(74(90)97-4)40-48-14-5-11-21-61(48)99-43-52-31-33-80-70(84-52)58-19-10-12-22-62(58)96-3)29-30-63(68(46)77)98-39-36-87-34-37-88(2,38-35-87)42-49-25-28-51(41-65(49)103(93,94)95)85-71(89)60(20-13-32-81-75(79)91)86-76(92)100-44-59-56-17-8-6-15-54(56)55-16-7-9-18-57(55)59/h5-12,14-19,21-31,33,41,45,59-60,64H,13,20,32,34-40,42-44H2,1-4H3,(H5-,79,81,85,86,89,91,92,93,94,95)/p+1/t60-,64+/m0/s1. The maximum atomic E-state index is 14.6. The smallest absolute Gasteiger partial charge is 0.407 e. The number of fused-ring (bicyclic) bond motifs is 4. The molecule has 27 heteroatoms. The molecule has 103 heavy (non-hydrogen) atoms. The molecule has 1 fully saturated rings. The van der Waals surface area contributed by atoms with Crippen molar-refractivity contribution < 1.29 is 69.4 Å². The number of nitrogens with one attached hydrogen (secondary N) is 3. The number of carbonyl (C=O) groups is 4. The van der Waals surface area contributed by atoms with Crippen LogP contribution in [0, 0.1) is 12.7 Å².